The zero-order valence-electron chi connectivity index (χ0n) is 15.7. The van der Waals surface area contributed by atoms with Crippen molar-refractivity contribution in [2.45, 2.75) is 6.92 Å². The largest absolute Gasteiger partial charge is 0.422 e. The number of ether oxygens (including phenoxy) is 1. The Balaban J connectivity index is 1.57. The third-order valence-corrected chi connectivity index (χ3v) is 5.66. The minimum absolute atomic E-state index is 0.0339. The zero-order chi connectivity index (χ0) is 21.3. The second kappa shape index (κ2) is 8.14. The molecular weight excluding hydrogens is 424 g/mol. The van der Waals surface area contributed by atoms with Gasteiger partial charge in [-0.2, -0.15) is 0 Å². The normalized spacial score (nSPS) is 14.9. The molecule has 1 aliphatic heterocycles. The molecule has 1 aromatic heterocycles. The molecule has 30 heavy (non-hydrogen) atoms. The number of amides is 2. The van der Waals surface area contributed by atoms with Gasteiger partial charge in [0, 0.05) is 5.02 Å². The third kappa shape index (κ3) is 3.98. The minimum atomic E-state index is -0.530. The molecule has 2 heterocycles. The summed E-state index contributed by atoms with van der Waals surface area (Å²) < 4.78 is 5.36. The molecule has 1 aliphatic rings. The van der Waals surface area contributed by atoms with Gasteiger partial charge in [-0.15, -0.1) is 11.3 Å². The van der Waals surface area contributed by atoms with Crippen LogP contribution in [-0.4, -0.2) is 17.8 Å². The molecule has 0 unspecified atom stereocenters. The van der Waals surface area contributed by atoms with Crippen LogP contribution in [0.15, 0.2) is 65.6 Å². The molecular formula is C22H15ClN2O4S. The molecule has 1 saturated heterocycles. The van der Waals surface area contributed by atoms with Crippen LogP contribution in [0, 0.1) is 6.92 Å². The van der Waals surface area contributed by atoms with Gasteiger partial charge in [0.05, 0.1) is 5.69 Å². The Morgan fingerprint density at radius 1 is 1.13 bits per heavy atom. The van der Waals surface area contributed by atoms with Crippen molar-refractivity contribution >= 4 is 52.5 Å². The van der Waals surface area contributed by atoms with Crippen LogP contribution in [0.5, 0.6) is 5.75 Å². The van der Waals surface area contributed by atoms with Crippen molar-refractivity contribution in [3.63, 3.8) is 0 Å². The number of hydrogen-bond acceptors (Lipinski definition) is 5. The SMILES string of the molecule is Cc1ccc(N2NC(=O)/C(=C\c3cccc(OC(=O)c4cccs4)c3)C2=O)cc1Cl. The van der Waals surface area contributed by atoms with Crippen molar-refractivity contribution in [3.05, 3.63) is 86.6 Å². The molecule has 4 rings (SSSR count). The van der Waals surface area contributed by atoms with E-state index < -0.39 is 17.8 Å². The van der Waals surface area contributed by atoms with Gasteiger partial charge in [-0.1, -0.05) is 35.9 Å². The predicted molar refractivity (Wildman–Crippen MR) is 116 cm³/mol. The van der Waals surface area contributed by atoms with E-state index in [1.54, 1.807) is 60.0 Å². The second-order valence-corrected chi connectivity index (χ2v) is 7.87. The summed E-state index contributed by atoms with van der Waals surface area (Å²) in [7, 11) is 0. The van der Waals surface area contributed by atoms with Crippen molar-refractivity contribution in [3.8, 4) is 5.75 Å². The summed E-state index contributed by atoms with van der Waals surface area (Å²) in [6.45, 7) is 1.85. The number of anilines is 1. The van der Waals surface area contributed by atoms with Crippen molar-refractivity contribution in [1.82, 2.24) is 5.43 Å². The highest BCUT2D eigenvalue weighted by molar-refractivity contribution is 7.12. The summed E-state index contributed by atoms with van der Waals surface area (Å²) in [5.41, 5.74) is 4.38. The van der Waals surface area contributed by atoms with Gasteiger partial charge in [-0.25, -0.2) is 9.80 Å². The summed E-state index contributed by atoms with van der Waals surface area (Å²) in [6.07, 6.45) is 1.45. The van der Waals surface area contributed by atoms with E-state index in [1.807, 2.05) is 6.92 Å². The molecule has 2 amide bonds. The van der Waals surface area contributed by atoms with E-state index >= 15 is 0 Å². The average molecular weight is 439 g/mol. The molecule has 1 N–H and O–H groups in total. The first-order valence-corrected chi connectivity index (χ1v) is 10.2. The maximum atomic E-state index is 12.8. The lowest BCUT2D eigenvalue weighted by atomic mass is 10.1. The number of nitrogens with zero attached hydrogens (tertiary/aromatic N) is 1. The van der Waals surface area contributed by atoms with Gasteiger partial charge in [0.2, 0.25) is 0 Å². The van der Waals surface area contributed by atoms with Gasteiger partial charge in [-0.3, -0.25) is 15.0 Å². The monoisotopic (exact) mass is 438 g/mol. The summed E-state index contributed by atoms with van der Waals surface area (Å²) in [5, 5.41) is 3.43. The first-order chi connectivity index (χ1) is 14.4. The number of thiophene rings is 1. The number of hydrazine groups is 1. The number of hydrogen-bond donors (Lipinski definition) is 1. The van der Waals surface area contributed by atoms with E-state index in [2.05, 4.69) is 5.43 Å². The molecule has 0 spiro atoms. The fourth-order valence-electron chi connectivity index (χ4n) is 2.85. The van der Waals surface area contributed by atoms with E-state index in [1.165, 1.54) is 17.4 Å². The topological polar surface area (TPSA) is 75.7 Å². The molecule has 0 bridgehead atoms. The first-order valence-electron chi connectivity index (χ1n) is 8.91. The predicted octanol–water partition coefficient (Wildman–Crippen LogP) is 4.39. The highest BCUT2D eigenvalue weighted by Crippen LogP contribution is 2.27. The lowest BCUT2D eigenvalue weighted by Gasteiger charge is -2.15. The number of esters is 1. The molecule has 0 radical (unpaired) electrons. The summed E-state index contributed by atoms with van der Waals surface area (Å²) in [4.78, 5) is 37.8. The molecule has 150 valence electrons. The average Bonchev–Trinajstić information content (AvgIpc) is 3.35. The van der Waals surface area contributed by atoms with Crippen LogP contribution in [0.3, 0.4) is 0 Å². The molecule has 1 fully saturated rings. The Hall–Kier alpha value is -3.42. The summed E-state index contributed by atoms with van der Waals surface area (Å²) in [5.74, 6) is -1.18. The number of halogens is 1. The highest BCUT2D eigenvalue weighted by Gasteiger charge is 2.34. The molecule has 0 atom stereocenters. The van der Waals surface area contributed by atoms with Crippen LogP contribution < -0.4 is 15.2 Å². The van der Waals surface area contributed by atoms with Crippen LogP contribution in [0.1, 0.15) is 20.8 Å². The van der Waals surface area contributed by atoms with Crippen molar-refractivity contribution in [2.24, 2.45) is 0 Å². The molecule has 0 aliphatic carbocycles. The van der Waals surface area contributed by atoms with E-state index in [9.17, 15) is 14.4 Å². The van der Waals surface area contributed by atoms with E-state index in [0.717, 1.165) is 10.6 Å². The standard InChI is InChI=1S/C22H15ClN2O4S/c1-13-7-8-15(12-18(13)23)25-21(27)17(20(26)24-25)11-14-4-2-5-16(10-14)29-22(28)19-6-3-9-30-19/h2-12H,1H3,(H,24,26)/b17-11+. The quantitative estimate of drug-likeness (QED) is 0.284. The third-order valence-electron chi connectivity index (χ3n) is 4.41. The Bertz CT molecular complexity index is 1190. The number of aryl methyl sites for hydroxylation is 1. The number of carbonyl (C=O) groups is 3. The molecule has 6 nitrogen and oxygen atoms in total. The molecule has 2 aromatic carbocycles. The number of benzene rings is 2. The van der Waals surface area contributed by atoms with Crippen molar-refractivity contribution < 1.29 is 19.1 Å². The van der Waals surface area contributed by atoms with Crippen LogP contribution in [-0.2, 0) is 9.59 Å². The Kier molecular flexibility index (Phi) is 5.39. The van der Waals surface area contributed by atoms with Crippen LogP contribution in [0.2, 0.25) is 5.02 Å². The second-order valence-electron chi connectivity index (χ2n) is 6.51. The van der Waals surface area contributed by atoms with Crippen LogP contribution in [0.4, 0.5) is 5.69 Å². The zero-order valence-corrected chi connectivity index (χ0v) is 17.3. The van der Waals surface area contributed by atoms with Crippen LogP contribution in [0.25, 0.3) is 6.08 Å². The Morgan fingerprint density at radius 3 is 2.70 bits per heavy atom. The fourth-order valence-corrected chi connectivity index (χ4v) is 3.62. The smallest absolute Gasteiger partial charge is 0.353 e. The van der Waals surface area contributed by atoms with Gasteiger partial charge >= 0.3 is 5.97 Å². The Labute approximate surface area is 181 Å². The van der Waals surface area contributed by atoms with E-state index in [0.29, 0.717) is 26.9 Å². The number of nitrogens with one attached hydrogen (secondary N) is 1. The van der Waals surface area contributed by atoms with Gasteiger partial charge in [0.1, 0.15) is 16.2 Å². The van der Waals surface area contributed by atoms with Crippen LogP contribution >= 0.6 is 22.9 Å². The maximum Gasteiger partial charge on any atom is 0.353 e. The van der Waals surface area contributed by atoms with Gasteiger partial charge in [0.25, 0.3) is 11.8 Å². The van der Waals surface area contributed by atoms with E-state index in [4.69, 9.17) is 16.3 Å². The maximum absolute atomic E-state index is 12.8. The highest BCUT2D eigenvalue weighted by atomic mass is 35.5. The van der Waals surface area contributed by atoms with Gasteiger partial charge in [-0.05, 0) is 59.8 Å². The van der Waals surface area contributed by atoms with Crippen molar-refractivity contribution in [2.75, 3.05) is 5.01 Å². The lowest BCUT2D eigenvalue weighted by Crippen LogP contribution is -2.35. The molecule has 3 aromatic rings. The molecule has 8 heteroatoms. The Morgan fingerprint density at radius 2 is 1.97 bits per heavy atom. The lowest BCUT2D eigenvalue weighted by molar-refractivity contribution is -0.117. The van der Waals surface area contributed by atoms with Gasteiger partial charge < -0.3 is 4.74 Å². The first kappa shape index (κ1) is 19.9. The minimum Gasteiger partial charge on any atom is -0.422 e. The van der Waals surface area contributed by atoms with Gasteiger partial charge in [0.15, 0.2) is 0 Å². The van der Waals surface area contributed by atoms with Crippen molar-refractivity contribution in [1.29, 1.82) is 0 Å². The van der Waals surface area contributed by atoms with E-state index in [-0.39, 0.29) is 5.57 Å². The number of carbonyl (C=O) groups excluding carboxylic acids is 3. The summed E-state index contributed by atoms with van der Waals surface area (Å²) >= 11 is 7.41. The summed E-state index contributed by atoms with van der Waals surface area (Å²) in [6, 6.07) is 15.1. The fraction of sp³-hybridized carbons (Fsp3) is 0.0455. The number of rotatable bonds is 4. The molecule has 0 saturated carbocycles.